The van der Waals surface area contributed by atoms with Crippen LogP contribution in [0.15, 0.2) is 49.1 Å². The van der Waals surface area contributed by atoms with Crippen LogP contribution in [0, 0.1) is 0 Å². The summed E-state index contributed by atoms with van der Waals surface area (Å²) in [5, 5.41) is 4.41. The van der Waals surface area contributed by atoms with Gasteiger partial charge in [0.2, 0.25) is 0 Å². The van der Waals surface area contributed by atoms with Crippen molar-refractivity contribution in [3.05, 3.63) is 54.6 Å². The third-order valence-electron chi connectivity index (χ3n) is 5.42. The molecule has 0 amide bonds. The van der Waals surface area contributed by atoms with Crippen LogP contribution in [-0.2, 0) is 13.2 Å². The summed E-state index contributed by atoms with van der Waals surface area (Å²) in [6.45, 7) is 2.46. The number of fused-ring (bicyclic) bond motifs is 1. The quantitative estimate of drug-likeness (QED) is 0.484. The number of piperazine rings is 1. The monoisotopic (exact) mass is 440 g/mol. The summed E-state index contributed by atoms with van der Waals surface area (Å²) >= 11 is 0. The van der Waals surface area contributed by atoms with E-state index in [1.165, 1.54) is 12.4 Å². The highest BCUT2D eigenvalue weighted by atomic mass is 19.4. The molecule has 5 heterocycles. The third-order valence-corrected chi connectivity index (χ3v) is 5.42. The first-order valence-corrected chi connectivity index (χ1v) is 10.0. The first kappa shape index (κ1) is 20.2. The van der Waals surface area contributed by atoms with Gasteiger partial charge in [-0.3, -0.25) is 4.68 Å². The molecule has 8 nitrogen and oxygen atoms in total. The lowest BCUT2D eigenvalue weighted by Crippen LogP contribution is -2.47. The number of aromatic nitrogens is 6. The van der Waals surface area contributed by atoms with Gasteiger partial charge in [-0.2, -0.15) is 18.3 Å². The summed E-state index contributed by atoms with van der Waals surface area (Å²) in [5.41, 5.74) is 2.18. The van der Waals surface area contributed by atoms with Crippen LogP contribution in [0.5, 0.6) is 0 Å². The molecule has 4 aromatic rings. The zero-order chi connectivity index (χ0) is 22.3. The molecule has 1 aliphatic heterocycles. The van der Waals surface area contributed by atoms with E-state index < -0.39 is 11.7 Å². The van der Waals surface area contributed by atoms with Crippen molar-refractivity contribution in [2.75, 3.05) is 36.0 Å². The lowest BCUT2D eigenvalue weighted by atomic mass is 10.2. The molecule has 4 aromatic heterocycles. The maximum Gasteiger partial charge on any atom is 0.417 e. The number of aryl methyl sites for hydroxylation is 1. The third kappa shape index (κ3) is 3.81. The number of hydrogen-bond donors (Lipinski definition) is 0. The van der Waals surface area contributed by atoms with Gasteiger partial charge in [-0.1, -0.05) is 0 Å². The minimum Gasteiger partial charge on any atom is -0.353 e. The molecule has 0 bridgehead atoms. The molecule has 0 N–H and O–H groups in total. The number of hydrogen-bond acceptors (Lipinski definition) is 7. The Bertz CT molecular complexity index is 1240. The van der Waals surface area contributed by atoms with Gasteiger partial charge in [-0.25, -0.2) is 19.9 Å². The summed E-state index contributed by atoms with van der Waals surface area (Å²) in [7, 11) is 1.85. The Morgan fingerprint density at radius 1 is 0.844 bits per heavy atom. The predicted molar refractivity (Wildman–Crippen MR) is 113 cm³/mol. The molecule has 0 atom stereocenters. The van der Waals surface area contributed by atoms with Gasteiger partial charge >= 0.3 is 6.18 Å². The van der Waals surface area contributed by atoms with E-state index in [9.17, 15) is 13.2 Å². The van der Waals surface area contributed by atoms with E-state index in [-0.39, 0.29) is 0 Å². The maximum atomic E-state index is 12.8. The van der Waals surface area contributed by atoms with Crippen molar-refractivity contribution in [1.29, 1.82) is 0 Å². The Morgan fingerprint density at radius 2 is 1.62 bits per heavy atom. The Labute approximate surface area is 181 Å². The maximum absolute atomic E-state index is 12.8. The van der Waals surface area contributed by atoms with Crippen molar-refractivity contribution in [2.45, 2.75) is 6.18 Å². The normalized spacial score (nSPS) is 14.9. The van der Waals surface area contributed by atoms with Crippen molar-refractivity contribution >= 4 is 22.7 Å². The van der Waals surface area contributed by atoms with E-state index in [0.29, 0.717) is 37.5 Å². The topological polar surface area (TPSA) is 75.9 Å². The molecule has 0 spiro atoms. The van der Waals surface area contributed by atoms with Crippen molar-refractivity contribution in [2.24, 2.45) is 7.05 Å². The van der Waals surface area contributed by atoms with E-state index in [2.05, 4.69) is 25.0 Å². The van der Waals surface area contributed by atoms with Crippen molar-refractivity contribution < 1.29 is 13.2 Å². The Kier molecular flexibility index (Phi) is 4.87. The standard InChI is InChI=1S/C21H19F3N8/c1-30-7-6-16(29-30)15-3-4-17-19(28-15)20(27-13-26-17)32-10-8-31(9-11-32)18-5-2-14(12-25-18)21(22,23)24/h2-7,12-13H,8-11H2,1H3. The average molecular weight is 440 g/mol. The molecule has 1 saturated heterocycles. The van der Waals surface area contributed by atoms with E-state index in [0.717, 1.165) is 35.0 Å². The second kappa shape index (κ2) is 7.74. The first-order chi connectivity index (χ1) is 15.4. The fraction of sp³-hybridized carbons (Fsp3) is 0.286. The molecule has 0 aromatic carbocycles. The molecule has 0 unspecified atom stereocenters. The smallest absolute Gasteiger partial charge is 0.353 e. The van der Waals surface area contributed by atoms with Crippen LogP contribution in [0.25, 0.3) is 22.4 Å². The Balaban J connectivity index is 1.36. The van der Waals surface area contributed by atoms with E-state index in [1.807, 2.05) is 36.3 Å². The first-order valence-electron chi connectivity index (χ1n) is 10.0. The summed E-state index contributed by atoms with van der Waals surface area (Å²) in [4.78, 5) is 21.7. The van der Waals surface area contributed by atoms with Crippen LogP contribution in [0.4, 0.5) is 24.8 Å². The van der Waals surface area contributed by atoms with Gasteiger partial charge in [0, 0.05) is 45.6 Å². The van der Waals surface area contributed by atoms with Crippen LogP contribution >= 0.6 is 0 Å². The van der Waals surface area contributed by atoms with E-state index in [1.54, 1.807) is 4.68 Å². The van der Waals surface area contributed by atoms with Gasteiger partial charge in [-0.05, 0) is 30.3 Å². The summed E-state index contributed by atoms with van der Waals surface area (Å²) in [5.74, 6) is 1.26. The molecule has 0 radical (unpaired) electrons. The summed E-state index contributed by atoms with van der Waals surface area (Å²) in [6.07, 6.45) is -0.135. The van der Waals surface area contributed by atoms with E-state index in [4.69, 9.17) is 4.98 Å². The van der Waals surface area contributed by atoms with E-state index >= 15 is 0 Å². The predicted octanol–water partition coefficient (Wildman–Crippen LogP) is 3.17. The molecule has 32 heavy (non-hydrogen) atoms. The average Bonchev–Trinajstić information content (AvgIpc) is 3.24. The second-order valence-electron chi connectivity index (χ2n) is 7.51. The van der Waals surface area contributed by atoms with Crippen molar-refractivity contribution in [1.82, 2.24) is 29.7 Å². The van der Waals surface area contributed by atoms with Crippen molar-refractivity contribution in [3.63, 3.8) is 0 Å². The van der Waals surface area contributed by atoms with Crippen LogP contribution < -0.4 is 9.80 Å². The molecule has 1 fully saturated rings. The van der Waals surface area contributed by atoms with Crippen LogP contribution in [-0.4, -0.2) is 55.9 Å². The van der Waals surface area contributed by atoms with Gasteiger partial charge in [0.05, 0.1) is 16.8 Å². The summed E-state index contributed by atoms with van der Waals surface area (Å²) in [6, 6.07) is 8.16. The molecular weight excluding hydrogens is 421 g/mol. The highest BCUT2D eigenvalue weighted by Crippen LogP contribution is 2.30. The number of halogens is 3. The largest absolute Gasteiger partial charge is 0.417 e. The summed E-state index contributed by atoms with van der Waals surface area (Å²) < 4.78 is 40.1. The SMILES string of the molecule is Cn1ccc(-c2ccc3ncnc(N4CCN(c5ccc(C(F)(F)F)cn5)CC4)c3n2)n1. The lowest BCUT2D eigenvalue weighted by Gasteiger charge is -2.36. The second-order valence-corrected chi connectivity index (χ2v) is 7.51. The van der Waals surface area contributed by atoms with Gasteiger partial charge in [0.15, 0.2) is 5.82 Å². The van der Waals surface area contributed by atoms with Gasteiger partial charge in [0.1, 0.15) is 23.4 Å². The molecule has 11 heteroatoms. The van der Waals surface area contributed by atoms with Crippen LogP contribution in [0.3, 0.4) is 0 Å². The number of alkyl halides is 3. The highest BCUT2D eigenvalue weighted by Gasteiger charge is 2.31. The number of nitrogens with zero attached hydrogens (tertiary/aromatic N) is 8. The number of pyridine rings is 2. The minimum absolute atomic E-state index is 0.528. The Hall–Kier alpha value is -3.76. The van der Waals surface area contributed by atoms with Gasteiger partial charge < -0.3 is 9.80 Å². The molecule has 5 rings (SSSR count). The molecule has 0 aliphatic carbocycles. The molecular formula is C21H19F3N8. The van der Waals surface area contributed by atoms with Crippen molar-refractivity contribution in [3.8, 4) is 11.4 Å². The zero-order valence-corrected chi connectivity index (χ0v) is 17.2. The van der Waals surface area contributed by atoms with Crippen LogP contribution in [0.2, 0.25) is 0 Å². The fourth-order valence-electron chi connectivity index (χ4n) is 3.74. The van der Waals surface area contributed by atoms with Gasteiger partial charge in [-0.15, -0.1) is 0 Å². The number of anilines is 2. The fourth-order valence-corrected chi connectivity index (χ4v) is 3.74. The lowest BCUT2D eigenvalue weighted by molar-refractivity contribution is -0.137. The zero-order valence-electron chi connectivity index (χ0n) is 17.2. The molecule has 164 valence electrons. The number of rotatable bonds is 3. The Morgan fingerprint density at radius 3 is 2.28 bits per heavy atom. The molecule has 0 saturated carbocycles. The van der Waals surface area contributed by atoms with Gasteiger partial charge in [0.25, 0.3) is 0 Å². The minimum atomic E-state index is -4.39. The van der Waals surface area contributed by atoms with Crippen LogP contribution in [0.1, 0.15) is 5.56 Å². The highest BCUT2D eigenvalue weighted by molar-refractivity contribution is 5.87. The molecule has 1 aliphatic rings.